The molecule has 1 saturated carbocycles. The van der Waals surface area contributed by atoms with Gasteiger partial charge < -0.3 is 15.0 Å². The smallest absolute Gasteiger partial charge is 0.326 e. The van der Waals surface area contributed by atoms with E-state index in [4.69, 9.17) is 0 Å². The van der Waals surface area contributed by atoms with E-state index < -0.39 is 29.6 Å². The number of amides is 1. The normalized spacial score (nSPS) is 27.3. The highest BCUT2D eigenvalue weighted by atomic mass is 19.1. The van der Waals surface area contributed by atoms with Crippen molar-refractivity contribution in [3.63, 3.8) is 0 Å². The van der Waals surface area contributed by atoms with Crippen LogP contribution < -0.4 is 0 Å². The Morgan fingerprint density at radius 1 is 1.29 bits per heavy atom. The highest BCUT2D eigenvalue weighted by Crippen LogP contribution is 2.64. The fourth-order valence-corrected chi connectivity index (χ4v) is 4.20. The zero-order valence-electron chi connectivity index (χ0n) is 13.1. The molecule has 2 aromatic rings. The second-order valence-electron chi connectivity index (χ2n) is 7.20. The number of hydrogen-bond donors (Lipinski definition) is 2. The average Bonchev–Trinajstić information content (AvgIpc) is 2.97. The zero-order chi connectivity index (χ0) is 17.4. The van der Waals surface area contributed by atoms with Crippen molar-refractivity contribution >= 4 is 22.8 Å². The molecule has 1 amide bonds. The minimum absolute atomic E-state index is 0.000596. The van der Waals surface area contributed by atoms with Gasteiger partial charge in [-0.1, -0.05) is 13.8 Å². The maximum atomic E-state index is 13.8. The summed E-state index contributed by atoms with van der Waals surface area (Å²) in [5.41, 5.74) is -0.187. The number of aromatic nitrogens is 1. The number of likely N-dealkylation sites (tertiary alicyclic amines) is 1. The molecular weight excluding hydrogens is 318 g/mol. The van der Waals surface area contributed by atoms with Gasteiger partial charge in [-0.25, -0.2) is 13.6 Å². The summed E-state index contributed by atoms with van der Waals surface area (Å²) in [6.45, 7) is 4.33. The van der Waals surface area contributed by atoms with E-state index in [1.165, 1.54) is 11.0 Å². The lowest BCUT2D eigenvalue weighted by atomic mass is 10.0. The van der Waals surface area contributed by atoms with Gasteiger partial charge in [-0.05, 0) is 29.5 Å². The summed E-state index contributed by atoms with van der Waals surface area (Å²) in [4.78, 5) is 28.2. The SMILES string of the molecule is CC1(C)C2CN(C(=O)c3cc4c(F)ccc(F)c4[nH]3)C(C(=O)O)C21. The molecule has 7 heteroatoms. The highest BCUT2D eigenvalue weighted by molar-refractivity contribution is 6.00. The molecule has 3 atom stereocenters. The van der Waals surface area contributed by atoms with Gasteiger partial charge in [-0.3, -0.25) is 4.79 Å². The van der Waals surface area contributed by atoms with Gasteiger partial charge in [-0.15, -0.1) is 0 Å². The number of hydrogen-bond acceptors (Lipinski definition) is 2. The molecule has 5 nitrogen and oxygen atoms in total. The molecule has 3 unspecified atom stereocenters. The predicted molar refractivity (Wildman–Crippen MR) is 81.4 cm³/mol. The lowest BCUT2D eigenvalue weighted by Gasteiger charge is -2.27. The van der Waals surface area contributed by atoms with Crippen LogP contribution >= 0.6 is 0 Å². The van der Waals surface area contributed by atoms with E-state index in [0.29, 0.717) is 6.54 Å². The molecule has 24 heavy (non-hydrogen) atoms. The van der Waals surface area contributed by atoms with Crippen molar-refractivity contribution in [3.8, 4) is 0 Å². The van der Waals surface area contributed by atoms with Crippen LogP contribution in [0.2, 0.25) is 0 Å². The van der Waals surface area contributed by atoms with Crippen LogP contribution in [-0.4, -0.2) is 39.5 Å². The van der Waals surface area contributed by atoms with Gasteiger partial charge in [0.15, 0.2) is 0 Å². The standard InChI is InChI=1S/C17H16F2N2O3/c1-17(2)8-6-21(14(12(8)17)16(23)24)15(22)11-5-7-9(18)3-4-10(19)13(7)20-11/h3-5,8,12,14,20H,6H2,1-2H3,(H,23,24). The molecule has 1 aliphatic heterocycles. The predicted octanol–water partition coefficient (Wildman–Crippen LogP) is 2.63. The molecule has 2 fully saturated rings. The molecule has 1 aromatic heterocycles. The van der Waals surface area contributed by atoms with Crippen molar-refractivity contribution < 1.29 is 23.5 Å². The summed E-state index contributed by atoms with van der Waals surface area (Å²) in [6.07, 6.45) is 0. The first-order valence-corrected chi connectivity index (χ1v) is 7.74. The minimum Gasteiger partial charge on any atom is -0.480 e. The number of carboxylic acid groups (broad SMARTS) is 1. The van der Waals surface area contributed by atoms with Gasteiger partial charge in [0.2, 0.25) is 0 Å². The Bertz CT molecular complexity index is 850. The lowest BCUT2D eigenvalue weighted by molar-refractivity contribution is -0.142. The van der Waals surface area contributed by atoms with Crippen molar-refractivity contribution in [2.24, 2.45) is 17.3 Å². The Morgan fingerprint density at radius 3 is 2.58 bits per heavy atom. The first-order chi connectivity index (χ1) is 11.2. The average molecular weight is 334 g/mol. The second kappa shape index (κ2) is 4.55. The van der Waals surface area contributed by atoms with Gasteiger partial charge >= 0.3 is 5.97 Å². The van der Waals surface area contributed by atoms with Crippen LogP contribution in [0.3, 0.4) is 0 Å². The number of nitrogens with one attached hydrogen (secondary N) is 1. The molecule has 2 aliphatic rings. The number of carbonyl (C=O) groups is 2. The topological polar surface area (TPSA) is 73.4 Å². The van der Waals surface area contributed by atoms with E-state index in [-0.39, 0.29) is 33.8 Å². The van der Waals surface area contributed by atoms with Crippen LogP contribution in [0, 0.1) is 28.9 Å². The van der Waals surface area contributed by atoms with Crippen LogP contribution in [0.5, 0.6) is 0 Å². The van der Waals surface area contributed by atoms with E-state index >= 15 is 0 Å². The molecular formula is C17H16F2N2O3. The van der Waals surface area contributed by atoms with Crippen LogP contribution in [0.1, 0.15) is 24.3 Å². The number of halogens is 2. The zero-order valence-corrected chi connectivity index (χ0v) is 13.1. The molecule has 1 aromatic carbocycles. The largest absolute Gasteiger partial charge is 0.480 e. The summed E-state index contributed by atoms with van der Waals surface area (Å²) >= 11 is 0. The number of aliphatic carboxylic acids is 1. The van der Waals surface area contributed by atoms with Gasteiger partial charge in [0, 0.05) is 17.8 Å². The number of H-pyrrole nitrogens is 1. The van der Waals surface area contributed by atoms with Gasteiger partial charge in [-0.2, -0.15) is 0 Å². The first-order valence-electron chi connectivity index (χ1n) is 7.74. The molecule has 0 bridgehead atoms. The number of piperidine rings is 1. The number of fused-ring (bicyclic) bond motifs is 2. The van der Waals surface area contributed by atoms with Crippen LogP contribution in [0.4, 0.5) is 8.78 Å². The van der Waals surface area contributed by atoms with E-state index in [2.05, 4.69) is 4.98 Å². The fraction of sp³-hybridized carbons (Fsp3) is 0.412. The number of aromatic amines is 1. The van der Waals surface area contributed by atoms with Crippen molar-refractivity contribution in [3.05, 3.63) is 35.5 Å². The van der Waals surface area contributed by atoms with Gasteiger partial charge in [0.1, 0.15) is 23.4 Å². The monoisotopic (exact) mass is 334 g/mol. The summed E-state index contributed by atoms with van der Waals surface area (Å²) in [5.74, 6) is -2.83. The lowest BCUT2D eigenvalue weighted by Crippen LogP contribution is -2.45. The Labute approximate surface area is 136 Å². The number of nitrogens with zero attached hydrogens (tertiary/aromatic N) is 1. The highest BCUT2D eigenvalue weighted by Gasteiger charge is 2.69. The van der Waals surface area contributed by atoms with Crippen molar-refractivity contribution in [2.75, 3.05) is 6.54 Å². The summed E-state index contributed by atoms with van der Waals surface area (Å²) < 4.78 is 27.6. The molecule has 0 spiro atoms. The third-order valence-corrected chi connectivity index (χ3v) is 5.64. The third kappa shape index (κ3) is 1.84. The Hall–Kier alpha value is -2.44. The van der Waals surface area contributed by atoms with Crippen molar-refractivity contribution in [2.45, 2.75) is 19.9 Å². The van der Waals surface area contributed by atoms with E-state index in [1.54, 1.807) is 0 Å². The Balaban J connectivity index is 1.71. The Morgan fingerprint density at radius 2 is 1.96 bits per heavy atom. The van der Waals surface area contributed by atoms with Crippen LogP contribution in [0.15, 0.2) is 18.2 Å². The summed E-state index contributed by atoms with van der Waals surface area (Å²) in [6, 6.07) is 2.31. The first kappa shape index (κ1) is 15.1. The molecule has 1 saturated heterocycles. The van der Waals surface area contributed by atoms with Crippen LogP contribution in [-0.2, 0) is 4.79 Å². The fourth-order valence-electron chi connectivity index (χ4n) is 4.20. The molecule has 2 N–H and O–H groups in total. The quantitative estimate of drug-likeness (QED) is 0.887. The molecule has 4 rings (SSSR count). The van der Waals surface area contributed by atoms with Crippen molar-refractivity contribution in [1.82, 2.24) is 9.88 Å². The molecule has 0 radical (unpaired) electrons. The molecule has 126 valence electrons. The third-order valence-electron chi connectivity index (χ3n) is 5.64. The minimum atomic E-state index is -1.05. The number of rotatable bonds is 2. The number of benzene rings is 1. The van der Waals surface area contributed by atoms with Gasteiger partial charge in [0.05, 0.1) is 5.52 Å². The van der Waals surface area contributed by atoms with Crippen LogP contribution in [0.25, 0.3) is 10.9 Å². The maximum Gasteiger partial charge on any atom is 0.326 e. The molecule has 2 heterocycles. The summed E-state index contributed by atoms with van der Waals surface area (Å²) in [7, 11) is 0. The molecule has 1 aliphatic carbocycles. The van der Waals surface area contributed by atoms with Crippen molar-refractivity contribution in [1.29, 1.82) is 0 Å². The van der Waals surface area contributed by atoms with E-state index in [9.17, 15) is 23.5 Å². The maximum absolute atomic E-state index is 13.8. The van der Waals surface area contributed by atoms with E-state index in [1.807, 2.05) is 13.8 Å². The Kier molecular flexibility index (Phi) is 2.87. The number of carboxylic acids is 1. The second-order valence-corrected chi connectivity index (χ2v) is 7.20. The van der Waals surface area contributed by atoms with Gasteiger partial charge in [0.25, 0.3) is 5.91 Å². The number of carbonyl (C=O) groups excluding carboxylic acids is 1. The van der Waals surface area contributed by atoms with E-state index in [0.717, 1.165) is 12.1 Å². The summed E-state index contributed by atoms with van der Waals surface area (Å²) in [5, 5.41) is 9.49.